The normalized spacial score (nSPS) is 21.1. The molecular weight excluding hydrogens is 364 g/mol. The predicted molar refractivity (Wildman–Crippen MR) is 123 cm³/mol. The molecule has 2 aliphatic carbocycles. The molecule has 1 aliphatic heterocycles. The molecule has 1 heteroatoms. The second kappa shape index (κ2) is 7.18. The van der Waals surface area contributed by atoms with Gasteiger partial charge in [-0.25, -0.2) is 0 Å². The van der Waals surface area contributed by atoms with Crippen molar-refractivity contribution in [3.8, 4) is 16.9 Å². The Kier molecular flexibility index (Phi) is 4.19. The zero-order valence-corrected chi connectivity index (χ0v) is 16.9. The van der Waals surface area contributed by atoms with Crippen LogP contribution in [0, 0.1) is 0 Å². The van der Waals surface area contributed by atoms with Crippen LogP contribution in [0.25, 0.3) is 11.1 Å². The van der Waals surface area contributed by atoms with Crippen molar-refractivity contribution in [1.29, 1.82) is 0 Å². The number of fused-ring (bicyclic) bond motifs is 4. The molecule has 0 spiro atoms. The third kappa shape index (κ3) is 3.02. The summed E-state index contributed by atoms with van der Waals surface area (Å²) in [7, 11) is 0. The Morgan fingerprint density at radius 3 is 2.60 bits per heavy atom. The number of benzene rings is 3. The summed E-state index contributed by atoms with van der Waals surface area (Å²) in [5.74, 6) is 1.37. The second-order valence-corrected chi connectivity index (χ2v) is 8.46. The van der Waals surface area contributed by atoms with E-state index in [1.807, 2.05) is 0 Å². The minimum absolute atomic E-state index is 0.135. The summed E-state index contributed by atoms with van der Waals surface area (Å²) in [4.78, 5) is 0. The quantitative estimate of drug-likeness (QED) is 0.469. The Balaban J connectivity index is 1.31. The molecule has 0 saturated carbocycles. The molecule has 3 aromatic carbocycles. The van der Waals surface area contributed by atoms with Crippen LogP contribution in [0.4, 0.5) is 0 Å². The van der Waals surface area contributed by atoms with Crippen molar-refractivity contribution < 1.29 is 4.74 Å². The summed E-state index contributed by atoms with van der Waals surface area (Å²) in [6.45, 7) is 0. The average Bonchev–Trinajstić information content (AvgIpc) is 3.18. The monoisotopic (exact) mass is 388 g/mol. The van der Waals surface area contributed by atoms with Crippen molar-refractivity contribution >= 4 is 0 Å². The van der Waals surface area contributed by atoms with Crippen molar-refractivity contribution in [3.05, 3.63) is 125 Å². The van der Waals surface area contributed by atoms with E-state index < -0.39 is 0 Å². The first-order valence-corrected chi connectivity index (χ1v) is 10.9. The van der Waals surface area contributed by atoms with Gasteiger partial charge in [-0.3, -0.25) is 0 Å². The van der Waals surface area contributed by atoms with Crippen LogP contribution in [0.2, 0.25) is 0 Å². The van der Waals surface area contributed by atoms with E-state index in [0.717, 1.165) is 25.0 Å². The molecule has 3 aromatic rings. The maximum Gasteiger partial charge on any atom is 0.134 e. The maximum absolute atomic E-state index is 6.51. The summed E-state index contributed by atoms with van der Waals surface area (Å²) in [5, 5.41) is 0. The highest BCUT2D eigenvalue weighted by atomic mass is 16.5. The van der Waals surface area contributed by atoms with Gasteiger partial charge in [-0.2, -0.15) is 0 Å². The predicted octanol–water partition coefficient (Wildman–Crippen LogP) is 7.01. The lowest BCUT2D eigenvalue weighted by Crippen LogP contribution is -2.24. The molecule has 0 aromatic heterocycles. The van der Waals surface area contributed by atoms with Crippen molar-refractivity contribution in [1.82, 2.24) is 0 Å². The molecule has 1 nitrogen and oxygen atoms in total. The number of allylic oxidation sites excluding steroid dienone is 3. The van der Waals surface area contributed by atoms with Gasteiger partial charge in [-0.05, 0) is 58.7 Å². The van der Waals surface area contributed by atoms with E-state index in [9.17, 15) is 0 Å². The van der Waals surface area contributed by atoms with Gasteiger partial charge in [0.1, 0.15) is 11.9 Å². The molecule has 0 fully saturated rings. The maximum atomic E-state index is 6.51. The van der Waals surface area contributed by atoms with Gasteiger partial charge in [0.15, 0.2) is 0 Å². The first-order valence-electron chi connectivity index (χ1n) is 10.9. The zero-order valence-electron chi connectivity index (χ0n) is 16.9. The SMILES string of the molecule is C1=CC2=C(C=CC3c4ccc(-c5cccc(Cc6ccccc6)c5)cc4OC23)CC1. The number of hydrogen-bond donors (Lipinski definition) is 0. The van der Waals surface area contributed by atoms with E-state index in [4.69, 9.17) is 4.74 Å². The molecule has 146 valence electrons. The molecule has 3 aliphatic rings. The molecule has 30 heavy (non-hydrogen) atoms. The number of hydrogen-bond acceptors (Lipinski definition) is 1. The lowest BCUT2D eigenvalue weighted by atomic mass is 9.81. The summed E-state index contributed by atoms with van der Waals surface area (Å²) in [6.07, 6.45) is 12.6. The van der Waals surface area contributed by atoms with E-state index in [1.165, 1.54) is 39.0 Å². The fourth-order valence-electron chi connectivity index (χ4n) is 5.00. The smallest absolute Gasteiger partial charge is 0.134 e. The van der Waals surface area contributed by atoms with E-state index in [0.29, 0.717) is 5.92 Å². The topological polar surface area (TPSA) is 9.23 Å². The molecule has 1 heterocycles. The minimum Gasteiger partial charge on any atom is -0.484 e. The van der Waals surface area contributed by atoms with Gasteiger partial charge < -0.3 is 4.74 Å². The van der Waals surface area contributed by atoms with Crippen LogP contribution in [0.15, 0.2) is 108 Å². The van der Waals surface area contributed by atoms with Gasteiger partial charge in [0.2, 0.25) is 0 Å². The van der Waals surface area contributed by atoms with E-state index in [1.54, 1.807) is 0 Å². The van der Waals surface area contributed by atoms with Crippen LogP contribution in [0.1, 0.15) is 35.4 Å². The minimum atomic E-state index is 0.135. The Morgan fingerprint density at radius 2 is 1.67 bits per heavy atom. The van der Waals surface area contributed by atoms with Crippen molar-refractivity contribution in [3.63, 3.8) is 0 Å². The zero-order chi connectivity index (χ0) is 19.9. The average molecular weight is 389 g/mol. The van der Waals surface area contributed by atoms with E-state index in [-0.39, 0.29) is 6.10 Å². The van der Waals surface area contributed by atoms with Crippen LogP contribution in [-0.4, -0.2) is 6.10 Å². The number of ether oxygens (including phenoxy) is 1. The summed E-state index contributed by atoms with van der Waals surface area (Å²) in [6, 6.07) is 26.3. The van der Waals surface area contributed by atoms with Crippen LogP contribution in [0.5, 0.6) is 5.75 Å². The molecule has 0 saturated heterocycles. The third-order valence-electron chi connectivity index (χ3n) is 6.52. The van der Waals surface area contributed by atoms with Crippen LogP contribution in [-0.2, 0) is 6.42 Å². The molecule has 2 unspecified atom stereocenters. The standard InChI is InChI=1S/C29H24O/c1-2-7-20(8-3-1)17-21-9-6-11-23(18-21)24-14-15-26-27-16-13-22-10-4-5-12-25(22)29(27)30-28(26)19-24/h1-3,5-9,11-16,18-19,27,29H,4,10,17H2. The first-order chi connectivity index (χ1) is 14.8. The largest absolute Gasteiger partial charge is 0.484 e. The van der Waals surface area contributed by atoms with Gasteiger partial charge in [-0.15, -0.1) is 0 Å². The highest BCUT2D eigenvalue weighted by Crippen LogP contribution is 2.47. The molecule has 0 bridgehead atoms. The van der Waals surface area contributed by atoms with Crippen molar-refractivity contribution in [2.75, 3.05) is 0 Å². The lowest BCUT2D eigenvalue weighted by molar-refractivity contribution is 0.257. The van der Waals surface area contributed by atoms with Crippen LogP contribution >= 0.6 is 0 Å². The third-order valence-corrected chi connectivity index (χ3v) is 6.52. The van der Waals surface area contributed by atoms with Gasteiger partial charge in [0, 0.05) is 11.5 Å². The van der Waals surface area contributed by atoms with Crippen LogP contribution in [0.3, 0.4) is 0 Å². The summed E-state index contributed by atoms with van der Waals surface area (Å²) >= 11 is 0. The van der Waals surface area contributed by atoms with Gasteiger partial charge in [-0.1, -0.05) is 91.0 Å². The number of rotatable bonds is 3. The van der Waals surface area contributed by atoms with E-state index in [2.05, 4.69) is 97.1 Å². The van der Waals surface area contributed by atoms with Crippen molar-refractivity contribution in [2.45, 2.75) is 31.3 Å². The lowest BCUT2D eigenvalue weighted by Gasteiger charge is -2.26. The van der Waals surface area contributed by atoms with Gasteiger partial charge >= 0.3 is 0 Å². The Hall–Kier alpha value is -3.32. The van der Waals surface area contributed by atoms with E-state index >= 15 is 0 Å². The molecular formula is C29H24O. The molecule has 0 N–H and O–H groups in total. The molecule has 2 atom stereocenters. The molecule has 0 amide bonds. The molecule has 6 rings (SSSR count). The Morgan fingerprint density at radius 1 is 0.800 bits per heavy atom. The molecule has 0 radical (unpaired) electrons. The second-order valence-electron chi connectivity index (χ2n) is 8.46. The fourth-order valence-corrected chi connectivity index (χ4v) is 5.00. The highest BCUT2D eigenvalue weighted by Gasteiger charge is 2.37. The first kappa shape index (κ1) is 17.5. The Labute approximate surface area is 178 Å². The van der Waals surface area contributed by atoms with Gasteiger partial charge in [0.05, 0.1) is 0 Å². The highest BCUT2D eigenvalue weighted by molar-refractivity contribution is 5.69. The van der Waals surface area contributed by atoms with Crippen LogP contribution < -0.4 is 4.74 Å². The fraction of sp³-hybridized carbons (Fsp3) is 0.172. The van der Waals surface area contributed by atoms with Crippen molar-refractivity contribution in [2.24, 2.45) is 0 Å². The Bertz CT molecular complexity index is 1200. The summed E-state index contributed by atoms with van der Waals surface area (Å²) < 4.78 is 6.51. The van der Waals surface area contributed by atoms with Gasteiger partial charge in [0.25, 0.3) is 0 Å². The summed E-state index contributed by atoms with van der Waals surface area (Å²) in [5.41, 5.74) is 9.27.